The highest BCUT2D eigenvalue weighted by molar-refractivity contribution is 9.09. The van der Waals surface area contributed by atoms with E-state index in [-0.39, 0.29) is 0 Å². The lowest BCUT2D eigenvalue weighted by molar-refractivity contribution is 0.229. The van der Waals surface area contributed by atoms with Crippen molar-refractivity contribution in [1.82, 2.24) is 4.90 Å². The molecule has 0 amide bonds. The van der Waals surface area contributed by atoms with Gasteiger partial charge < -0.3 is 0 Å². The summed E-state index contributed by atoms with van der Waals surface area (Å²) >= 11 is 3.59. The topological polar surface area (TPSA) is 3.24 Å². The molecule has 2 aromatic carbocycles. The van der Waals surface area contributed by atoms with Gasteiger partial charge >= 0.3 is 0 Å². The molecule has 1 nitrogen and oxygen atoms in total. The monoisotopic (exact) mass is 331 g/mol. The van der Waals surface area contributed by atoms with Gasteiger partial charge in [-0.3, -0.25) is 4.90 Å². The lowest BCUT2D eigenvalue weighted by atomic mass is 10.1. The van der Waals surface area contributed by atoms with Gasteiger partial charge in [-0.2, -0.15) is 0 Å². The smallest absolute Gasteiger partial charge is 0.0237 e. The number of benzene rings is 2. The van der Waals surface area contributed by atoms with E-state index >= 15 is 0 Å². The van der Waals surface area contributed by atoms with Gasteiger partial charge in [0, 0.05) is 25.0 Å². The average Bonchev–Trinajstić information content (AvgIpc) is 2.49. The van der Waals surface area contributed by atoms with Crippen LogP contribution in [-0.2, 0) is 13.1 Å². The Kier molecular flexibility index (Phi) is 6.28. The third kappa shape index (κ3) is 5.10. The van der Waals surface area contributed by atoms with Crippen LogP contribution in [0.15, 0.2) is 60.7 Å². The third-order valence-electron chi connectivity index (χ3n) is 3.33. The minimum Gasteiger partial charge on any atom is -0.295 e. The summed E-state index contributed by atoms with van der Waals surface area (Å²) < 4.78 is 0. The highest BCUT2D eigenvalue weighted by Crippen LogP contribution is 2.13. The number of halogens is 1. The Bertz CT molecular complexity index is 442. The molecule has 0 heterocycles. The van der Waals surface area contributed by atoms with Gasteiger partial charge in [-0.15, -0.1) is 0 Å². The zero-order valence-electron chi connectivity index (χ0n) is 12.0. The van der Waals surface area contributed by atoms with Crippen LogP contribution in [0.5, 0.6) is 0 Å². The quantitative estimate of drug-likeness (QED) is 0.663. The van der Waals surface area contributed by atoms with E-state index in [1.165, 1.54) is 11.1 Å². The first-order valence-electron chi connectivity index (χ1n) is 7.14. The maximum Gasteiger partial charge on any atom is 0.0237 e. The first-order chi connectivity index (χ1) is 9.78. The fraction of sp³-hybridized carbons (Fsp3) is 0.333. The molecular weight excluding hydrogens is 310 g/mol. The van der Waals surface area contributed by atoms with E-state index < -0.39 is 0 Å². The van der Waals surface area contributed by atoms with Gasteiger partial charge in [0.15, 0.2) is 0 Å². The average molecular weight is 332 g/mol. The predicted octanol–water partition coefficient (Wildman–Crippen LogP) is 4.72. The van der Waals surface area contributed by atoms with Crippen LogP contribution in [0, 0.1) is 5.92 Å². The summed E-state index contributed by atoms with van der Waals surface area (Å²) in [6.07, 6.45) is 0. The number of hydrogen-bond donors (Lipinski definition) is 0. The summed E-state index contributed by atoms with van der Waals surface area (Å²) in [5.41, 5.74) is 2.76. The van der Waals surface area contributed by atoms with Gasteiger partial charge in [-0.05, 0) is 17.0 Å². The first-order valence-corrected chi connectivity index (χ1v) is 8.26. The molecule has 0 aliphatic carbocycles. The number of alkyl halides is 1. The van der Waals surface area contributed by atoms with Crippen molar-refractivity contribution >= 4 is 15.9 Å². The summed E-state index contributed by atoms with van der Waals surface area (Å²) in [6.45, 7) is 5.41. The molecule has 1 atom stereocenters. The normalized spacial score (nSPS) is 12.6. The van der Waals surface area contributed by atoms with Gasteiger partial charge in [0.05, 0.1) is 0 Å². The molecule has 0 N–H and O–H groups in total. The summed E-state index contributed by atoms with van der Waals surface area (Å²) in [4.78, 5) is 2.52. The Hall–Kier alpha value is -1.12. The SMILES string of the molecule is CC(CBr)CN(Cc1ccccc1)Cc1ccccc1. The Morgan fingerprint density at radius 1 is 0.850 bits per heavy atom. The van der Waals surface area contributed by atoms with Crippen LogP contribution < -0.4 is 0 Å². The minimum atomic E-state index is 0.655. The van der Waals surface area contributed by atoms with E-state index in [1.807, 2.05) is 0 Å². The number of rotatable bonds is 7. The van der Waals surface area contributed by atoms with Crippen LogP contribution in [-0.4, -0.2) is 16.8 Å². The second-order valence-corrected chi connectivity index (χ2v) is 6.05. The molecule has 20 heavy (non-hydrogen) atoms. The van der Waals surface area contributed by atoms with Gasteiger partial charge in [0.25, 0.3) is 0 Å². The molecule has 0 saturated heterocycles. The summed E-state index contributed by atoms with van der Waals surface area (Å²) in [6, 6.07) is 21.4. The molecule has 0 spiro atoms. The molecule has 1 unspecified atom stereocenters. The molecule has 106 valence electrons. The Morgan fingerprint density at radius 2 is 1.30 bits per heavy atom. The van der Waals surface area contributed by atoms with E-state index in [0.29, 0.717) is 5.92 Å². The summed E-state index contributed by atoms with van der Waals surface area (Å²) in [5, 5.41) is 1.05. The highest BCUT2D eigenvalue weighted by atomic mass is 79.9. The van der Waals surface area contributed by atoms with Crippen molar-refractivity contribution in [3.05, 3.63) is 71.8 Å². The minimum absolute atomic E-state index is 0.655. The van der Waals surface area contributed by atoms with Crippen molar-refractivity contribution in [1.29, 1.82) is 0 Å². The zero-order chi connectivity index (χ0) is 14.2. The molecular formula is C18H22BrN. The van der Waals surface area contributed by atoms with Crippen LogP contribution in [0.2, 0.25) is 0 Å². The highest BCUT2D eigenvalue weighted by Gasteiger charge is 2.10. The van der Waals surface area contributed by atoms with Crippen molar-refractivity contribution in [3.8, 4) is 0 Å². The fourth-order valence-corrected chi connectivity index (χ4v) is 2.56. The molecule has 0 aliphatic rings. The van der Waals surface area contributed by atoms with Crippen molar-refractivity contribution in [2.24, 2.45) is 5.92 Å². The number of nitrogens with zero attached hydrogens (tertiary/aromatic N) is 1. The second kappa shape index (κ2) is 8.23. The lowest BCUT2D eigenvalue weighted by Gasteiger charge is -2.25. The standard InChI is InChI=1S/C18H22BrN/c1-16(12-19)13-20(14-17-8-4-2-5-9-17)15-18-10-6-3-7-11-18/h2-11,16H,12-15H2,1H3. The van der Waals surface area contributed by atoms with Crippen LogP contribution >= 0.6 is 15.9 Å². The summed E-state index contributed by atoms with van der Waals surface area (Å²) in [7, 11) is 0. The molecule has 2 rings (SSSR count). The van der Waals surface area contributed by atoms with Gasteiger partial charge in [0.1, 0.15) is 0 Å². The Labute approximate surface area is 130 Å². The molecule has 2 heteroatoms. The molecule has 0 bridgehead atoms. The molecule has 0 saturated carbocycles. The molecule has 0 aromatic heterocycles. The van der Waals surface area contributed by atoms with E-state index in [2.05, 4.69) is 88.4 Å². The predicted molar refractivity (Wildman–Crippen MR) is 90.0 cm³/mol. The Morgan fingerprint density at radius 3 is 1.70 bits per heavy atom. The van der Waals surface area contributed by atoms with Crippen LogP contribution in [0.25, 0.3) is 0 Å². The second-order valence-electron chi connectivity index (χ2n) is 5.40. The molecule has 2 aromatic rings. The first kappa shape index (κ1) is 15.3. The molecule has 0 fully saturated rings. The van der Waals surface area contributed by atoms with Gasteiger partial charge in [-0.25, -0.2) is 0 Å². The van der Waals surface area contributed by atoms with E-state index in [0.717, 1.165) is 25.0 Å². The van der Waals surface area contributed by atoms with Crippen LogP contribution in [0.1, 0.15) is 18.1 Å². The van der Waals surface area contributed by atoms with Crippen molar-refractivity contribution in [3.63, 3.8) is 0 Å². The van der Waals surface area contributed by atoms with Crippen molar-refractivity contribution in [2.75, 3.05) is 11.9 Å². The van der Waals surface area contributed by atoms with Gasteiger partial charge in [0.2, 0.25) is 0 Å². The number of hydrogen-bond acceptors (Lipinski definition) is 1. The van der Waals surface area contributed by atoms with Crippen molar-refractivity contribution < 1.29 is 0 Å². The molecule has 0 radical (unpaired) electrons. The maximum absolute atomic E-state index is 3.59. The van der Waals surface area contributed by atoms with Crippen LogP contribution in [0.4, 0.5) is 0 Å². The fourth-order valence-electron chi connectivity index (χ4n) is 2.36. The third-order valence-corrected chi connectivity index (χ3v) is 4.44. The van der Waals surface area contributed by atoms with E-state index in [4.69, 9.17) is 0 Å². The van der Waals surface area contributed by atoms with E-state index in [1.54, 1.807) is 0 Å². The lowest BCUT2D eigenvalue weighted by Crippen LogP contribution is -2.28. The van der Waals surface area contributed by atoms with E-state index in [9.17, 15) is 0 Å². The zero-order valence-corrected chi connectivity index (χ0v) is 13.6. The van der Waals surface area contributed by atoms with Gasteiger partial charge in [-0.1, -0.05) is 83.5 Å². The Balaban J connectivity index is 2.04. The molecule has 0 aliphatic heterocycles. The van der Waals surface area contributed by atoms with Crippen molar-refractivity contribution in [2.45, 2.75) is 20.0 Å². The van der Waals surface area contributed by atoms with Crippen LogP contribution in [0.3, 0.4) is 0 Å². The summed E-state index contributed by atoms with van der Waals surface area (Å²) in [5.74, 6) is 0.655. The largest absolute Gasteiger partial charge is 0.295 e. The maximum atomic E-state index is 3.59.